The molecule has 0 spiro atoms. The average Bonchev–Trinajstić information content (AvgIpc) is 3.76. The van der Waals surface area contributed by atoms with Gasteiger partial charge in [0, 0.05) is 47.6 Å². The number of furan rings is 1. The first-order valence-electron chi connectivity index (χ1n) is 16.6. The van der Waals surface area contributed by atoms with Crippen LogP contribution in [0, 0.1) is 0 Å². The molecule has 0 atom stereocenters. The van der Waals surface area contributed by atoms with Gasteiger partial charge in [0.2, 0.25) is 0 Å². The van der Waals surface area contributed by atoms with E-state index in [1.165, 1.54) is 37.7 Å². The highest BCUT2D eigenvalue weighted by Gasteiger charge is 2.18. The van der Waals surface area contributed by atoms with Gasteiger partial charge in [-0.05, 0) is 58.7 Å². The summed E-state index contributed by atoms with van der Waals surface area (Å²) in [7, 11) is 0. The zero-order valence-corrected chi connectivity index (χ0v) is 27.6. The zero-order valence-electron chi connectivity index (χ0n) is 26.7. The molecule has 0 unspecified atom stereocenters. The summed E-state index contributed by atoms with van der Waals surface area (Å²) in [4.78, 5) is 15.2. The number of fused-ring (bicyclic) bond motifs is 6. The minimum absolute atomic E-state index is 0.607. The highest BCUT2D eigenvalue weighted by Crippen LogP contribution is 2.41. The van der Waals surface area contributed by atoms with Gasteiger partial charge in [0.1, 0.15) is 11.2 Å². The number of hydrogen-bond donors (Lipinski definition) is 0. The van der Waals surface area contributed by atoms with E-state index in [4.69, 9.17) is 19.4 Å². The molecule has 3 heterocycles. The van der Waals surface area contributed by atoms with Crippen molar-refractivity contribution >= 4 is 53.4 Å². The van der Waals surface area contributed by atoms with Gasteiger partial charge in [-0.25, -0.2) is 15.0 Å². The van der Waals surface area contributed by atoms with Gasteiger partial charge in [-0.3, -0.25) is 0 Å². The average molecular weight is 658 g/mol. The minimum Gasteiger partial charge on any atom is -0.456 e. The molecule has 0 aliphatic rings. The van der Waals surface area contributed by atoms with E-state index in [2.05, 4.69) is 109 Å². The fourth-order valence-electron chi connectivity index (χ4n) is 6.85. The number of benzene rings is 7. The largest absolute Gasteiger partial charge is 0.456 e. The SMILES string of the molecule is c1ccc(-c2ccc(-c3ccc4sc5c(-c6nc(-c7ccccc7)nc(-c7ccc8c(c7)oc7ccccc78)n6)cccc5c4c3)cc2)cc1. The molecule has 0 saturated heterocycles. The molecule has 234 valence electrons. The molecule has 10 aromatic rings. The maximum absolute atomic E-state index is 6.23. The van der Waals surface area contributed by atoms with Crippen molar-refractivity contribution in [2.75, 3.05) is 0 Å². The monoisotopic (exact) mass is 657 g/mol. The maximum atomic E-state index is 6.23. The molecular weight excluding hydrogens is 631 g/mol. The lowest BCUT2D eigenvalue weighted by molar-refractivity contribution is 0.669. The molecule has 0 bridgehead atoms. The Balaban J connectivity index is 1.10. The second-order valence-corrected chi connectivity index (χ2v) is 13.5. The predicted octanol–water partition coefficient (Wildman–Crippen LogP) is 12.5. The van der Waals surface area contributed by atoms with E-state index in [-0.39, 0.29) is 0 Å². The van der Waals surface area contributed by atoms with Gasteiger partial charge in [-0.2, -0.15) is 0 Å². The van der Waals surface area contributed by atoms with E-state index < -0.39 is 0 Å². The van der Waals surface area contributed by atoms with Crippen molar-refractivity contribution < 1.29 is 4.42 Å². The summed E-state index contributed by atoms with van der Waals surface area (Å²) < 4.78 is 8.62. The number of thiophene rings is 1. The molecule has 3 aromatic heterocycles. The predicted molar refractivity (Wildman–Crippen MR) is 207 cm³/mol. The topological polar surface area (TPSA) is 51.8 Å². The lowest BCUT2D eigenvalue weighted by Gasteiger charge is -2.09. The Morgan fingerprint density at radius 3 is 1.74 bits per heavy atom. The third-order valence-corrected chi connectivity index (χ3v) is 10.6. The first kappa shape index (κ1) is 28.6. The molecule has 10 rings (SSSR count). The Morgan fingerprint density at radius 1 is 0.360 bits per heavy atom. The minimum atomic E-state index is 0.607. The van der Waals surface area contributed by atoms with Crippen LogP contribution in [0.2, 0.25) is 0 Å². The van der Waals surface area contributed by atoms with E-state index in [0.29, 0.717) is 17.5 Å². The number of nitrogens with zero attached hydrogens (tertiary/aromatic N) is 3. The van der Waals surface area contributed by atoms with Gasteiger partial charge in [0.25, 0.3) is 0 Å². The molecule has 50 heavy (non-hydrogen) atoms. The third kappa shape index (κ3) is 4.87. The second-order valence-electron chi connectivity index (χ2n) is 12.4. The van der Waals surface area contributed by atoms with E-state index in [1.807, 2.05) is 54.6 Å². The Bertz CT molecular complexity index is 2860. The zero-order chi connectivity index (χ0) is 33.0. The van der Waals surface area contributed by atoms with Gasteiger partial charge in [0.15, 0.2) is 17.5 Å². The van der Waals surface area contributed by atoms with Gasteiger partial charge < -0.3 is 4.42 Å². The van der Waals surface area contributed by atoms with Crippen LogP contribution in [0.5, 0.6) is 0 Å². The molecule has 0 aliphatic heterocycles. The first-order chi connectivity index (χ1) is 24.7. The van der Waals surface area contributed by atoms with Crippen molar-refractivity contribution in [3.05, 3.63) is 164 Å². The Labute approximate surface area is 292 Å². The van der Waals surface area contributed by atoms with Crippen LogP contribution in [-0.4, -0.2) is 15.0 Å². The smallest absolute Gasteiger partial charge is 0.165 e. The van der Waals surface area contributed by atoms with Crippen molar-refractivity contribution in [2.45, 2.75) is 0 Å². The van der Waals surface area contributed by atoms with Crippen molar-refractivity contribution in [3.8, 4) is 56.4 Å². The van der Waals surface area contributed by atoms with Crippen LogP contribution < -0.4 is 0 Å². The maximum Gasteiger partial charge on any atom is 0.165 e. The van der Waals surface area contributed by atoms with Crippen molar-refractivity contribution in [1.29, 1.82) is 0 Å². The Hall–Kier alpha value is -6.43. The lowest BCUT2D eigenvalue weighted by atomic mass is 9.99. The lowest BCUT2D eigenvalue weighted by Crippen LogP contribution is -2.00. The summed E-state index contributed by atoms with van der Waals surface area (Å²) in [6.07, 6.45) is 0. The van der Waals surface area contributed by atoms with Crippen LogP contribution in [0.3, 0.4) is 0 Å². The van der Waals surface area contributed by atoms with Crippen molar-refractivity contribution in [3.63, 3.8) is 0 Å². The molecular formula is C45H27N3OS. The molecule has 7 aromatic carbocycles. The highest BCUT2D eigenvalue weighted by molar-refractivity contribution is 7.26. The van der Waals surface area contributed by atoms with E-state index in [1.54, 1.807) is 11.3 Å². The molecule has 0 fully saturated rings. The summed E-state index contributed by atoms with van der Waals surface area (Å²) in [5.41, 5.74) is 9.30. The number of aromatic nitrogens is 3. The Kier molecular flexibility index (Phi) is 6.64. The first-order valence-corrected chi connectivity index (χ1v) is 17.4. The molecule has 5 heteroatoms. The number of hydrogen-bond acceptors (Lipinski definition) is 5. The van der Waals surface area contributed by atoms with Gasteiger partial charge in [-0.1, -0.05) is 127 Å². The highest BCUT2D eigenvalue weighted by atomic mass is 32.1. The van der Waals surface area contributed by atoms with Crippen molar-refractivity contribution in [1.82, 2.24) is 15.0 Å². The van der Waals surface area contributed by atoms with E-state index in [0.717, 1.165) is 43.3 Å². The Morgan fingerprint density at radius 2 is 0.940 bits per heavy atom. The van der Waals surface area contributed by atoms with Gasteiger partial charge in [0.05, 0.1) is 0 Å². The van der Waals surface area contributed by atoms with Crippen LogP contribution in [0.15, 0.2) is 168 Å². The second kappa shape index (κ2) is 11.6. The fourth-order valence-corrected chi connectivity index (χ4v) is 8.04. The fraction of sp³-hybridized carbons (Fsp3) is 0. The molecule has 4 nitrogen and oxygen atoms in total. The van der Waals surface area contributed by atoms with Crippen LogP contribution >= 0.6 is 11.3 Å². The van der Waals surface area contributed by atoms with Crippen LogP contribution in [0.1, 0.15) is 0 Å². The summed E-state index contributed by atoms with van der Waals surface area (Å²) in [5, 5.41) is 4.59. The van der Waals surface area contributed by atoms with Crippen LogP contribution in [0.4, 0.5) is 0 Å². The summed E-state index contributed by atoms with van der Waals surface area (Å²) in [5.74, 6) is 1.89. The standard InChI is InChI=1S/C45H27N3OS/c1-3-10-28(11-4-1)29-18-20-30(21-19-29)32-23-25-41-38(26-32)36-15-9-16-37(42(36)50-41)45-47-43(31-12-5-2-6-13-31)46-44(48-45)33-22-24-35-34-14-7-8-17-39(34)49-40(35)27-33/h1-27H. The molecule has 0 radical (unpaired) electrons. The van der Waals surface area contributed by atoms with Gasteiger partial charge in [-0.15, -0.1) is 11.3 Å². The molecule has 0 amide bonds. The van der Waals surface area contributed by atoms with Gasteiger partial charge >= 0.3 is 0 Å². The summed E-state index contributed by atoms with van der Waals surface area (Å²) >= 11 is 1.78. The quantitative estimate of drug-likeness (QED) is 0.185. The number of rotatable bonds is 5. The summed E-state index contributed by atoms with van der Waals surface area (Å²) in [6, 6.07) is 57.0. The molecule has 0 aliphatic carbocycles. The molecule has 0 N–H and O–H groups in total. The third-order valence-electron chi connectivity index (χ3n) is 9.37. The van der Waals surface area contributed by atoms with E-state index >= 15 is 0 Å². The normalized spacial score (nSPS) is 11.6. The van der Waals surface area contributed by atoms with Crippen LogP contribution in [0.25, 0.3) is 98.5 Å². The number of para-hydroxylation sites is 1. The van der Waals surface area contributed by atoms with Crippen LogP contribution in [-0.2, 0) is 0 Å². The molecule has 0 saturated carbocycles. The summed E-state index contributed by atoms with van der Waals surface area (Å²) in [6.45, 7) is 0. The van der Waals surface area contributed by atoms with E-state index in [9.17, 15) is 0 Å². The van der Waals surface area contributed by atoms with Crippen molar-refractivity contribution in [2.24, 2.45) is 0 Å².